The van der Waals surface area contributed by atoms with E-state index in [1.54, 1.807) is 37.3 Å². The number of para-hydroxylation sites is 2. The van der Waals surface area contributed by atoms with Crippen molar-refractivity contribution in [2.75, 3.05) is 5.32 Å². The number of anilines is 1. The molecule has 1 N–H and O–H groups in total. The second-order valence-electron chi connectivity index (χ2n) is 5.58. The molecule has 0 aliphatic rings. The van der Waals surface area contributed by atoms with E-state index in [0.717, 1.165) is 6.07 Å². The third-order valence-electron chi connectivity index (χ3n) is 3.77. The highest BCUT2D eigenvalue weighted by molar-refractivity contribution is 7.91. The molecule has 5 nitrogen and oxygen atoms in total. The van der Waals surface area contributed by atoms with Gasteiger partial charge in [0.05, 0.1) is 21.7 Å². The van der Waals surface area contributed by atoms with Gasteiger partial charge in [-0.05, 0) is 31.2 Å². The average Bonchev–Trinajstić information content (AvgIpc) is 2.61. The van der Waals surface area contributed by atoms with Crippen molar-refractivity contribution in [1.82, 2.24) is 4.98 Å². The van der Waals surface area contributed by atoms with Crippen molar-refractivity contribution >= 4 is 32.3 Å². The molecular weight excluding hydrogens is 362 g/mol. The standard InChI is InChI=1S/C18H14F2N2O3S/c1-11-10-13(12-6-2-3-7-14(12)21-11)17(23)22-15-8-4-5-9-16(15)26(24,25)18(19)20/h2-10,18H,1H3,(H,22,23). The van der Waals surface area contributed by atoms with E-state index in [9.17, 15) is 22.0 Å². The summed E-state index contributed by atoms with van der Waals surface area (Å²) < 4.78 is 49.4. The first-order valence-electron chi connectivity index (χ1n) is 7.59. The Balaban J connectivity index is 2.06. The monoisotopic (exact) mass is 376 g/mol. The lowest BCUT2D eigenvalue weighted by Gasteiger charge is -2.12. The van der Waals surface area contributed by atoms with Crippen LogP contribution in [0.25, 0.3) is 10.9 Å². The fraction of sp³-hybridized carbons (Fsp3) is 0.111. The minimum absolute atomic E-state index is 0.198. The van der Waals surface area contributed by atoms with Gasteiger partial charge in [0.1, 0.15) is 0 Å². The number of hydrogen-bond donors (Lipinski definition) is 1. The highest BCUT2D eigenvalue weighted by Crippen LogP contribution is 2.27. The maximum atomic E-state index is 12.9. The fourth-order valence-electron chi connectivity index (χ4n) is 2.60. The molecule has 0 fully saturated rings. The SMILES string of the molecule is Cc1cc(C(=O)Nc2ccccc2S(=O)(=O)C(F)F)c2ccccc2n1. The normalized spacial score (nSPS) is 11.7. The molecule has 0 atom stereocenters. The number of hydrogen-bond acceptors (Lipinski definition) is 4. The van der Waals surface area contributed by atoms with Crippen LogP contribution >= 0.6 is 0 Å². The molecule has 0 aliphatic carbocycles. The third kappa shape index (κ3) is 3.28. The molecule has 0 saturated heterocycles. The summed E-state index contributed by atoms with van der Waals surface area (Å²) in [6.07, 6.45) is 0. The van der Waals surface area contributed by atoms with Gasteiger partial charge in [-0.3, -0.25) is 9.78 Å². The summed E-state index contributed by atoms with van der Waals surface area (Å²) in [5.74, 6) is -4.19. The van der Waals surface area contributed by atoms with Gasteiger partial charge in [0.15, 0.2) is 0 Å². The predicted octanol–water partition coefficient (Wildman–Crippen LogP) is 3.79. The molecule has 8 heteroatoms. The highest BCUT2D eigenvalue weighted by atomic mass is 32.2. The molecule has 0 spiro atoms. The minimum atomic E-state index is -4.85. The number of aryl methyl sites for hydroxylation is 1. The molecule has 3 aromatic rings. The maximum absolute atomic E-state index is 12.9. The molecule has 0 bridgehead atoms. The summed E-state index contributed by atoms with van der Waals surface area (Å²) in [7, 11) is -4.85. The van der Waals surface area contributed by atoms with Crippen LogP contribution in [0.5, 0.6) is 0 Å². The summed E-state index contributed by atoms with van der Waals surface area (Å²) in [5.41, 5.74) is 1.28. The van der Waals surface area contributed by atoms with E-state index in [4.69, 9.17) is 0 Å². The largest absolute Gasteiger partial charge is 0.341 e. The molecule has 3 rings (SSSR count). The van der Waals surface area contributed by atoms with Crippen LogP contribution in [0.3, 0.4) is 0 Å². The molecule has 0 saturated carbocycles. The molecule has 0 aliphatic heterocycles. The van der Waals surface area contributed by atoms with Gasteiger partial charge in [-0.25, -0.2) is 8.42 Å². The van der Waals surface area contributed by atoms with Crippen molar-refractivity contribution in [3.05, 3.63) is 65.9 Å². The van der Waals surface area contributed by atoms with Crippen LogP contribution < -0.4 is 5.32 Å². The first kappa shape index (κ1) is 17.9. The Labute approximate surface area is 148 Å². The third-order valence-corrected chi connectivity index (χ3v) is 5.20. The van der Waals surface area contributed by atoms with Crippen molar-refractivity contribution in [1.29, 1.82) is 0 Å². The summed E-state index contributed by atoms with van der Waals surface area (Å²) in [6.45, 7) is 1.72. The number of fused-ring (bicyclic) bond motifs is 1. The first-order chi connectivity index (χ1) is 12.3. The number of sulfone groups is 1. The Morgan fingerprint density at radius 1 is 1.08 bits per heavy atom. The number of carbonyl (C=O) groups is 1. The topological polar surface area (TPSA) is 76.1 Å². The van der Waals surface area contributed by atoms with Crippen molar-refractivity contribution in [2.45, 2.75) is 17.6 Å². The van der Waals surface area contributed by atoms with Crippen LogP contribution in [-0.2, 0) is 9.84 Å². The lowest BCUT2D eigenvalue weighted by molar-refractivity contribution is 0.102. The van der Waals surface area contributed by atoms with E-state index < -0.39 is 26.4 Å². The molecule has 0 unspecified atom stereocenters. The number of pyridine rings is 1. The van der Waals surface area contributed by atoms with Crippen molar-refractivity contribution in [3.63, 3.8) is 0 Å². The zero-order valence-corrected chi connectivity index (χ0v) is 14.4. The number of aromatic nitrogens is 1. The summed E-state index contributed by atoms with van der Waals surface area (Å²) in [5, 5.41) is 3.00. The van der Waals surface area contributed by atoms with Gasteiger partial charge in [-0.1, -0.05) is 30.3 Å². The number of amides is 1. The van der Waals surface area contributed by atoms with E-state index in [-0.39, 0.29) is 11.3 Å². The minimum Gasteiger partial charge on any atom is -0.321 e. The Hall–Kier alpha value is -2.87. The van der Waals surface area contributed by atoms with Gasteiger partial charge in [0.25, 0.3) is 5.91 Å². The zero-order valence-electron chi connectivity index (χ0n) is 13.6. The molecule has 2 aromatic carbocycles. The number of nitrogens with one attached hydrogen (secondary N) is 1. The Morgan fingerprint density at radius 2 is 1.73 bits per heavy atom. The Bertz CT molecular complexity index is 1100. The summed E-state index contributed by atoms with van der Waals surface area (Å²) in [4.78, 5) is 16.4. The van der Waals surface area contributed by atoms with E-state index in [2.05, 4.69) is 10.3 Å². The first-order valence-corrected chi connectivity index (χ1v) is 9.14. The number of alkyl halides is 2. The van der Waals surface area contributed by atoms with Crippen LogP contribution in [0.1, 0.15) is 16.1 Å². The van der Waals surface area contributed by atoms with Crippen LogP contribution in [0.2, 0.25) is 0 Å². The second kappa shape index (κ2) is 6.80. The molecule has 1 heterocycles. The van der Waals surface area contributed by atoms with Crippen molar-refractivity contribution < 1.29 is 22.0 Å². The lowest BCUT2D eigenvalue weighted by atomic mass is 10.1. The number of carbonyl (C=O) groups excluding carboxylic acids is 1. The second-order valence-corrected chi connectivity index (χ2v) is 7.47. The van der Waals surface area contributed by atoms with Gasteiger partial charge in [-0.15, -0.1) is 0 Å². The number of rotatable bonds is 4. The molecule has 134 valence electrons. The lowest BCUT2D eigenvalue weighted by Crippen LogP contribution is -2.18. The van der Waals surface area contributed by atoms with Crippen molar-refractivity contribution in [3.8, 4) is 0 Å². The number of nitrogens with zero attached hydrogens (tertiary/aromatic N) is 1. The molecule has 1 amide bonds. The van der Waals surface area contributed by atoms with Crippen LogP contribution in [-0.4, -0.2) is 25.1 Å². The average molecular weight is 376 g/mol. The Kier molecular flexibility index (Phi) is 4.69. The number of halogens is 2. The molecule has 0 radical (unpaired) electrons. The van der Waals surface area contributed by atoms with E-state index in [0.29, 0.717) is 16.6 Å². The van der Waals surface area contributed by atoms with Crippen molar-refractivity contribution in [2.24, 2.45) is 0 Å². The summed E-state index contributed by atoms with van der Waals surface area (Å²) in [6, 6.07) is 13.6. The van der Waals surface area contributed by atoms with Crippen LogP contribution in [0.15, 0.2) is 59.5 Å². The molecule has 1 aromatic heterocycles. The van der Waals surface area contributed by atoms with E-state index in [1.165, 1.54) is 18.2 Å². The maximum Gasteiger partial charge on any atom is 0.341 e. The molecule has 26 heavy (non-hydrogen) atoms. The Morgan fingerprint density at radius 3 is 2.46 bits per heavy atom. The van der Waals surface area contributed by atoms with Gasteiger partial charge in [-0.2, -0.15) is 8.78 Å². The summed E-state index contributed by atoms with van der Waals surface area (Å²) >= 11 is 0. The van der Waals surface area contributed by atoms with Crippen LogP contribution in [0.4, 0.5) is 14.5 Å². The van der Waals surface area contributed by atoms with Gasteiger partial charge >= 0.3 is 5.76 Å². The number of benzene rings is 2. The zero-order chi connectivity index (χ0) is 18.9. The highest BCUT2D eigenvalue weighted by Gasteiger charge is 2.29. The quantitative estimate of drug-likeness (QED) is 0.752. The van der Waals surface area contributed by atoms with E-state index in [1.807, 2.05) is 0 Å². The van der Waals surface area contributed by atoms with Gasteiger partial charge in [0, 0.05) is 11.1 Å². The van der Waals surface area contributed by atoms with Gasteiger partial charge < -0.3 is 5.32 Å². The predicted molar refractivity (Wildman–Crippen MR) is 94.1 cm³/mol. The molecular formula is C18H14F2N2O3S. The smallest absolute Gasteiger partial charge is 0.321 e. The van der Waals surface area contributed by atoms with Gasteiger partial charge in [0.2, 0.25) is 9.84 Å². The fourth-order valence-corrected chi connectivity index (χ4v) is 3.49. The van der Waals surface area contributed by atoms with E-state index >= 15 is 0 Å². The van der Waals surface area contributed by atoms with Crippen LogP contribution in [0, 0.1) is 6.92 Å².